The van der Waals surface area contributed by atoms with Crippen LogP contribution in [0, 0.1) is 0 Å². The lowest BCUT2D eigenvalue weighted by molar-refractivity contribution is 0.426. The van der Waals surface area contributed by atoms with Gasteiger partial charge in [-0.15, -0.1) is 0 Å². The smallest absolute Gasteiger partial charge is 0.423 e. The maximum Gasteiger partial charge on any atom is 0.488 e. The Labute approximate surface area is 83.9 Å². The molecule has 1 aliphatic heterocycles. The van der Waals surface area contributed by atoms with Gasteiger partial charge in [0.2, 0.25) is 0 Å². The third-order valence-corrected chi connectivity index (χ3v) is 2.77. The third kappa shape index (κ3) is 1.98. The Bertz CT molecular complexity index is 293. The maximum atomic E-state index is 8.92. The average Bonchev–Trinajstić information content (AvgIpc) is 2.71. The van der Waals surface area contributed by atoms with E-state index < -0.39 is 7.12 Å². The van der Waals surface area contributed by atoms with Crippen LogP contribution in [0.2, 0.25) is 0 Å². The van der Waals surface area contributed by atoms with Gasteiger partial charge in [0.05, 0.1) is 0 Å². The highest BCUT2D eigenvalue weighted by molar-refractivity contribution is 6.58. The fourth-order valence-electron chi connectivity index (χ4n) is 1.88. The number of hydrogen-bond donors (Lipinski definition) is 3. The van der Waals surface area contributed by atoms with Gasteiger partial charge in [-0.05, 0) is 29.9 Å². The summed E-state index contributed by atoms with van der Waals surface area (Å²) in [5.41, 5.74) is 1.83. The van der Waals surface area contributed by atoms with Crippen molar-refractivity contribution >= 4 is 12.6 Å². The van der Waals surface area contributed by atoms with Crippen LogP contribution in [0.4, 0.5) is 0 Å². The molecule has 1 atom stereocenters. The molecule has 74 valence electrons. The van der Waals surface area contributed by atoms with Crippen molar-refractivity contribution in [2.45, 2.75) is 12.3 Å². The largest absolute Gasteiger partial charge is 0.488 e. The number of rotatable bonds is 2. The molecule has 1 aromatic carbocycles. The van der Waals surface area contributed by atoms with Crippen LogP contribution in [-0.2, 0) is 0 Å². The molecule has 1 aliphatic rings. The average molecular weight is 191 g/mol. The highest BCUT2D eigenvalue weighted by Gasteiger charge is 2.17. The summed E-state index contributed by atoms with van der Waals surface area (Å²) in [4.78, 5) is 0. The Morgan fingerprint density at radius 1 is 1.21 bits per heavy atom. The van der Waals surface area contributed by atoms with Gasteiger partial charge in [-0.1, -0.05) is 24.3 Å². The van der Waals surface area contributed by atoms with Crippen LogP contribution < -0.4 is 10.8 Å². The topological polar surface area (TPSA) is 52.5 Å². The zero-order valence-corrected chi connectivity index (χ0v) is 7.98. The lowest BCUT2D eigenvalue weighted by atomic mass is 9.79. The summed E-state index contributed by atoms with van der Waals surface area (Å²) in [5.74, 6) is 0.583. The lowest BCUT2D eigenvalue weighted by Gasteiger charge is -2.09. The summed E-state index contributed by atoms with van der Waals surface area (Å²) in [6.45, 7) is 2.11. The summed E-state index contributed by atoms with van der Waals surface area (Å²) < 4.78 is 0. The molecule has 3 N–H and O–H groups in total. The molecule has 0 amide bonds. The monoisotopic (exact) mass is 191 g/mol. The third-order valence-electron chi connectivity index (χ3n) is 2.77. The van der Waals surface area contributed by atoms with E-state index in [0.29, 0.717) is 11.4 Å². The van der Waals surface area contributed by atoms with Gasteiger partial charge in [0.25, 0.3) is 0 Å². The first kappa shape index (κ1) is 9.71. The van der Waals surface area contributed by atoms with Gasteiger partial charge in [0, 0.05) is 6.54 Å². The Morgan fingerprint density at radius 2 is 1.93 bits per heavy atom. The molecule has 1 saturated heterocycles. The second-order valence-corrected chi connectivity index (χ2v) is 3.73. The van der Waals surface area contributed by atoms with E-state index in [9.17, 15) is 0 Å². The van der Waals surface area contributed by atoms with Crippen molar-refractivity contribution in [3.8, 4) is 0 Å². The van der Waals surface area contributed by atoms with Gasteiger partial charge in [-0.25, -0.2) is 0 Å². The highest BCUT2D eigenvalue weighted by atomic mass is 16.4. The van der Waals surface area contributed by atoms with Gasteiger partial charge in [-0.2, -0.15) is 0 Å². The molecule has 4 heteroatoms. The second kappa shape index (κ2) is 4.13. The van der Waals surface area contributed by atoms with Gasteiger partial charge in [0.15, 0.2) is 0 Å². The van der Waals surface area contributed by atoms with E-state index in [1.165, 1.54) is 12.0 Å². The van der Waals surface area contributed by atoms with Crippen LogP contribution in [0.25, 0.3) is 0 Å². The van der Waals surface area contributed by atoms with E-state index in [4.69, 9.17) is 10.0 Å². The summed E-state index contributed by atoms with van der Waals surface area (Å²) in [7, 11) is -1.36. The van der Waals surface area contributed by atoms with Crippen molar-refractivity contribution in [1.29, 1.82) is 0 Å². The van der Waals surface area contributed by atoms with Crippen molar-refractivity contribution in [2.24, 2.45) is 0 Å². The maximum absolute atomic E-state index is 8.92. The van der Waals surface area contributed by atoms with E-state index in [0.717, 1.165) is 13.1 Å². The number of nitrogens with one attached hydrogen (secondary N) is 1. The summed E-state index contributed by atoms with van der Waals surface area (Å²) >= 11 is 0. The first-order valence-corrected chi connectivity index (χ1v) is 4.94. The molecular weight excluding hydrogens is 177 g/mol. The van der Waals surface area contributed by atoms with Crippen molar-refractivity contribution in [3.05, 3.63) is 29.8 Å². The Kier molecular flexibility index (Phi) is 2.86. The fourth-order valence-corrected chi connectivity index (χ4v) is 1.88. The molecule has 0 saturated carbocycles. The summed E-state index contributed by atoms with van der Waals surface area (Å²) in [5, 5.41) is 21.2. The van der Waals surface area contributed by atoms with Crippen molar-refractivity contribution in [1.82, 2.24) is 5.32 Å². The van der Waals surface area contributed by atoms with Gasteiger partial charge in [-0.3, -0.25) is 0 Å². The van der Waals surface area contributed by atoms with E-state index in [1.54, 1.807) is 12.1 Å². The zero-order valence-electron chi connectivity index (χ0n) is 7.98. The predicted molar refractivity (Wildman–Crippen MR) is 56.5 cm³/mol. The first-order chi connectivity index (χ1) is 6.77. The standard InChI is InChI=1S/C10H14BNO2/c13-11(14)10-3-1-8(2-4-10)9-5-6-12-7-9/h1-4,9,12-14H,5-7H2. The summed E-state index contributed by atoms with van der Waals surface area (Å²) in [6, 6.07) is 7.51. The summed E-state index contributed by atoms with van der Waals surface area (Å²) in [6.07, 6.45) is 1.17. The van der Waals surface area contributed by atoms with Gasteiger partial charge < -0.3 is 15.4 Å². The molecule has 1 aromatic rings. The first-order valence-electron chi connectivity index (χ1n) is 4.94. The Balaban J connectivity index is 2.12. The minimum Gasteiger partial charge on any atom is -0.423 e. The molecule has 1 heterocycles. The molecule has 0 radical (unpaired) electrons. The molecule has 0 spiro atoms. The molecule has 14 heavy (non-hydrogen) atoms. The molecule has 3 nitrogen and oxygen atoms in total. The minimum atomic E-state index is -1.36. The van der Waals surface area contributed by atoms with Crippen LogP contribution in [0.1, 0.15) is 17.9 Å². The molecule has 0 aliphatic carbocycles. The quantitative estimate of drug-likeness (QED) is 0.549. The minimum absolute atomic E-state index is 0.555. The van der Waals surface area contributed by atoms with Crippen molar-refractivity contribution < 1.29 is 10.0 Å². The highest BCUT2D eigenvalue weighted by Crippen LogP contribution is 2.20. The second-order valence-electron chi connectivity index (χ2n) is 3.73. The van der Waals surface area contributed by atoms with Crippen molar-refractivity contribution in [2.75, 3.05) is 13.1 Å². The Hall–Kier alpha value is -0.835. The van der Waals surface area contributed by atoms with E-state index in [1.807, 2.05) is 12.1 Å². The van der Waals surface area contributed by atoms with Crippen LogP contribution in [-0.4, -0.2) is 30.3 Å². The van der Waals surface area contributed by atoms with E-state index in [-0.39, 0.29) is 0 Å². The van der Waals surface area contributed by atoms with E-state index >= 15 is 0 Å². The van der Waals surface area contributed by atoms with Crippen LogP contribution in [0.5, 0.6) is 0 Å². The van der Waals surface area contributed by atoms with Gasteiger partial charge in [0.1, 0.15) is 0 Å². The van der Waals surface area contributed by atoms with Crippen molar-refractivity contribution in [3.63, 3.8) is 0 Å². The van der Waals surface area contributed by atoms with Crippen LogP contribution >= 0.6 is 0 Å². The fraction of sp³-hybridized carbons (Fsp3) is 0.400. The Morgan fingerprint density at radius 3 is 2.43 bits per heavy atom. The zero-order chi connectivity index (χ0) is 9.97. The molecular formula is C10H14BNO2. The SMILES string of the molecule is OB(O)c1ccc(C2CCNC2)cc1. The van der Waals surface area contributed by atoms with E-state index in [2.05, 4.69) is 5.32 Å². The predicted octanol–water partition coefficient (Wildman–Crippen LogP) is -0.557. The number of benzene rings is 1. The molecule has 1 fully saturated rings. The molecule has 0 aromatic heterocycles. The number of hydrogen-bond acceptors (Lipinski definition) is 3. The molecule has 2 rings (SSSR count). The molecule has 1 unspecified atom stereocenters. The lowest BCUT2D eigenvalue weighted by Crippen LogP contribution is -2.29. The van der Waals surface area contributed by atoms with Crippen LogP contribution in [0.15, 0.2) is 24.3 Å². The normalized spacial score (nSPS) is 21.1. The van der Waals surface area contributed by atoms with Gasteiger partial charge >= 0.3 is 7.12 Å². The molecule has 0 bridgehead atoms. The van der Waals surface area contributed by atoms with Crippen LogP contribution in [0.3, 0.4) is 0 Å².